The molecule has 1 unspecified atom stereocenters. The molecule has 0 N–H and O–H groups in total. The van der Waals surface area contributed by atoms with Crippen molar-refractivity contribution in [3.63, 3.8) is 0 Å². The van der Waals surface area contributed by atoms with Gasteiger partial charge in [0.2, 0.25) is 0 Å². The molecule has 0 saturated heterocycles. The van der Waals surface area contributed by atoms with Gasteiger partial charge < -0.3 is 4.90 Å². The number of hydrogen-bond acceptors (Lipinski definition) is 2. The number of hydrogen-bond donors (Lipinski definition) is 0. The summed E-state index contributed by atoms with van der Waals surface area (Å²) in [6.45, 7) is 18.6. The maximum atomic E-state index is 2.95. The van der Waals surface area contributed by atoms with E-state index in [1.54, 1.807) is 0 Å². The highest BCUT2D eigenvalue weighted by Gasteiger charge is 2.17. The van der Waals surface area contributed by atoms with E-state index in [9.17, 15) is 0 Å². The highest BCUT2D eigenvalue weighted by atomic mass is 15.2. The molecule has 0 amide bonds. The summed E-state index contributed by atoms with van der Waals surface area (Å²) in [5.41, 5.74) is 0. The van der Waals surface area contributed by atoms with Gasteiger partial charge in [-0.2, -0.15) is 0 Å². The predicted molar refractivity (Wildman–Crippen MR) is 263 cm³/mol. The minimum atomic E-state index is 0.691. The van der Waals surface area contributed by atoms with E-state index >= 15 is 0 Å². The van der Waals surface area contributed by atoms with Crippen LogP contribution in [0.1, 0.15) is 317 Å². The summed E-state index contributed by atoms with van der Waals surface area (Å²) in [7, 11) is 0. The van der Waals surface area contributed by atoms with Crippen molar-refractivity contribution in [1.82, 2.24) is 9.80 Å². The van der Waals surface area contributed by atoms with Crippen LogP contribution in [0.4, 0.5) is 0 Å². The van der Waals surface area contributed by atoms with Crippen LogP contribution in [0.2, 0.25) is 0 Å². The van der Waals surface area contributed by atoms with Crippen molar-refractivity contribution in [2.75, 3.05) is 32.7 Å². The molecule has 0 fully saturated rings. The summed E-state index contributed by atoms with van der Waals surface area (Å²) < 4.78 is 0. The van der Waals surface area contributed by atoms with Gasteiger partial charge in [0.05, 0.1) is 0 Å². The van der Waals surface area contributed by atoms with Gasteiger partial charge in [0.1, 0.15) is 0 Å². The number of rotatable bonds is 51. The van der Waals surface area contributed by atoms with Gasteiger partial charge in [-0.3, -0.25) is 4.90 Å². The Morgan fingerprint density at radius 2 is 0.404 bits per heavy atom. The molecule has 0 rings (SSSR count). The summed E-state index contributed by atoms with van der Waals surface area (Å²) in [6, 6.07) is 0.691. The minimum absolute atomic E-state index is 0.691. The molecule has 0 radical (unpaired) electrons. The summed E-state index contributed by atoms with van der Waals surface area (Å²) in [4.78, 5) is 5.88. The Morgan fingerprint density at radius 3 is 0.614 bits per heavy atom. The summed E-state index contributed by atoms with van der Waals surface area (Å²) >= 11 is 0. The molecule has 0 aromatic carbocycles. The molecule has 0 spiro atoms. The second-order valence-electron chi connectivity index (χ2n) is 19.3. The fourth-order valence-electron chi connectivity index (χ4n) is 9.29. The minimum Gasteiger partial charge on any atom is -0.302 e. The zero-order chi connectivity index (χ0) is 41.4. The van der Waals surface area contributed by atoms with E-state index in [1.807, 2.05) is 0 Å². The quantitative estimate of drug-likeness (QED) is 0.0565. The molecule has 2 heteroatoms. The number of unbranched alkanes of at least 4 members (excludes halogenated alkanes) is 40. The lowest BCUT2D eigenvalue weighted by atomic mass is 10.0. The van der Waals surface area contributed by atoms with Gasteiger partial charge >= 0.3 is 0 Å². The van der Waals surface area contributed by atoms with Crippen molar-refractivity contribution >= 4 is 0 Å². The van der Waals surface area contributed by atoms with Crippen LogP contribution < -0.4 is 0 Å². The fourth-order valence-corrected chi connectivity index (χ4v) is 9.29. The Balaban J connectivity index is 4.87. The third-order valence-electron chi connectivity index (χ3n) is 13.4. The smallest absolute Gasteiger partial charge is 0.0194 e. The van der Waals surface area contributed by atoms with Crippen LogP contribution in [0.5, 0.6) is 0 Å². The third-order valence-corrected chi connectivity index (χ3v) is 13.4. The molecule has 0 saturated carbocycles. The molecular formula is C55H114N2. The molecular weight excluding hydrogens is 689 g/mol. The Kier molecular flexibility index (Phi) is 50.2. The molecule has 0 heterocycles. The lowest BCUT2D eigenvalue weighted by Gasteiger charge is -2.34. The van der Waals surface area contributed by atoms with Gasteiger partial charge in [-0.15, -0.1) is 0 Å². The lowest BCUT2D eigenvalue weighted by Crippen LogP contribution is -2.44. The monoisotopic (exact) mass is 803 g/mol. The normalized spacial score (nSPS) is 12.5. The molecule has 2 nitrogen and oxygen atoms in total. The molecule has 0 aromatic heterocycles. The van der Waals surface area contributed by atoms with E-state index in [2.05, 4.69) is 44.4 Å². The summed E-state index contributed by atoms with van der Waals surface area (Å²) in [6.07, 6.45) is 63.7. The highest BCUT2D eigenvalue weighted by Crippen LogP contribution is 2.18. The fraction of sp³-hybridized carbons (Fsp3) is 1.00. The van der Waals surface area contributed by atoms with Gasteiger partial charge in [0.25, 0.3) is 0 Å². The van der Waals surface area contributed by atoms with Crippen LogP contribution in [0.15, 0.2) is 0 Å². The van der Waals surface area contributed by atoms with Gasteiger partial charge in [-0.25, -0.2) is 0 Å². The Labute approximate surface area is 364 Å². The van der Waals surface area contributed by atoms with Crippen LogP contribution in [0.25, 0.3) is 0 Å². The van der Waals surface area contributed by atoms with Crippen molar-refractivity contribution < 1.29 is 0 Å². The standard InChI is InChI=1S/C55H114N2/c1-6-10-14-18-22-26-30-34-38-42-46-50-56(51-47-43-39-35-31-27-23-19-15-11-7-2)54-55(5)57(52-48-44-40-36-32-28-24-20-16-12-8-3)53-49-45-41-37-33-29-25-21-17-13-9-4/h55H,6-54H2,1-5H3. The van der Waals surface area contributed by atoms with Gasteiger partial charge in [0.15, 0.2) is 0 Å². The first-order chi connectivity index (χ1) is 28.2. The Hall–Kier alpha value is -0.0800. The number of nitrogens with zero attached hydrogens (tertiary/aromatic N) is 2. The lowest BCUT2D eigenvalue weighted by molar-refractivity contribution is 0.140. The molecule has 344 valence electrons. The SMILES string of the molecule is CCCCCCCCCCCCCN(CCCCCCCCCCCCC)CC(C)N(CCCCCCCCCCCCC)CCCCCCCCCCCCC. The zero-order valence-electron chi connectivity index (χ0n) is 41.1. The molecule has 1 atom stereocenters. The van der Waals surface area contributed by atoms with E-state index < -0.39 is 0 Å². The first kappa shape index (κ1) is 56.9. The molecule has 0 aliphatic carbocycles. The Bertz CT molecular complexity index is 640. The largest absolute Gasteiger partial charge is 0.302 e. The maximum absolute atomic E-state index is 2.95. The highest BCUT2D eigenvalue weighted by molar-refractivity contribution is 4.73. The van der Waals surface area contributed by atoms with Gasteiger partial charge in [0, 0.05) is 12.6 Å². The van der Waals surface area contributed by atoms with E-state index in [4.69, 9.17) is 0 Å². The average molecular weight is 804 g/mol. The molecule has 0 aromatic rings. The van der Waals surface area contributed by atoms with E-state index in [0.29, 0.717) is 6.04 Å². The Morgan fingerprint density at radius 1 is 0.228 bits per heavy atom. The van der Waals surface area contributed by atoms with Crippen molar-refractivity contribution in [3.05, 3.63) is 0 Å². The van der Waals surface area contributed by atoms with Crippen LogP contribution in [-0.4, -0.2) is 48.6 Å². The van der Waals surface area contributed by atoms with Gasteiger partial charge in [-0.1, -0.05) is 285 Å². The first-order valence-electron chi connectivity index (χ1n) is 27.7. The maximum Gasteiger partial charge on any atom is 0.0194 e. The van der Waals surface area contributed by atoms with Crippen molar-refractivity contribution in [1.29, 1.82) is 0 Å². The zero-order valence-corrected chi connectivity index (χ0v) is 41.1. The molecule has 0 aliphatic heterocycles. The molecule has 57 heavy (non-hydrogen) atoms. The topological polar surface area (TPSA) is 6.48 Å². The first-order valence-corrected chi connectivity index (χ1v) is 27.7. The van der Waals surface area contributed by atoms with Crippen LogP contribution in [0, 0.1) is 0 Å². The second kappa shape index (κ2) is 50.3. The van der Waals surface area contributed by atoms with Crippen molar-refractivity contribution in [2.45, 2.75) is 323 Å². The summed E-state index contributed by atoms with van der Waals surface area (Å²) in [5, 5.41) is 0. The van der Waals surface area contributed by atoms with E-state index in [-0.39, 0.29) is 0 Å². The molecule has 0 aliphatic rings. The summed E-state index contributed by atoms with van der Waals surface area (Å²) in [5.74, 6) is 0. The van der Waals surface area contributed by atoms with E-state index in [0.717, 1.165) is 0 Å². The third kappa shape index (κ3) is 45.3. The van der Waals surface area contributed by atoms with Crippen molar-refractivity contribution in [3.8, 4) is 0 Å². The van der Waals surface area contributed by atoms with Crippen LogP contribution >= 0.6 is 0 Å². The average Bonchev–Trinajstić information content (AvgIpc) is 3.21. The molecule has 0 bridgehead atoms. The van der Waals surface area contributed by atoms with Crippen molar-refractivity contribution in [2.24, 2.45) is 0 Å². The van der Waals surface area contributed by atoms with E-state index in [1.165, 1.54) is 315 Å². The van der Waals surface area contributed by atoms with Crippen LogP contribution in [0.3, 0.4) is 0 Å². The van der Waals surface area contributed by atoms with Crippen LogP contribution in [-0.2, 0) is 0 Å². The van der Waals surface area contributed by atoms with Gasteiger partial charge in [-0.05, 0) is 58.8 Å². The second-order valence-corrected chi connectivity index (χ2v) is 19.3. The predicted octanol–water partition coefficient (Wildman–Crippen LogP) is 19.2.